The zero-order valence-corrected chi connectivity index (χ0v) is 12.1. The Kier molecular flexibility index (Phi) is 5.34. The van der Waals surface area contributed by atoms with Gasteiger partial charge in [-0.2, -0.15) is 0 Å². The van der Waals surface area contributed by atoms with E-state index in [1.54, 1.807) is 20.8 Å². The van der Waals surface area contributed by atoms with Gasteiger partial charge in [0, 0.05) is 12.1 Å². The third-order valence-electron chi connectivity index (χ3n) is 2.16. The highest BCUT2D eigenvalue weighted by Crippen LogP contribution is 2.25. The van der Waals surface area contributed by atoms with Crippen LogP contribution in [0.5, 0.6) is 5.75 Å². The summed E-state index contributed by atoms with van der Waals surface area (Å²) in [5.74, 6) is 0.353. The molecule has 0 saturated heterocycles. The van der Waals surface area contributed by atoms with Crippen LogP contribution >= 0.6 is 0 Å². The highest BCUT2D eigenvalue weighted by Gasteiger charge is 2.17. The van der Waals surface area contributed by atoms with Gasteiger partial charge in [0.05, 0.1) is 4.92 Å². The first-order valence-corrected chi connectivity index (χ1v) is 6.21. The van der Waals surface area contributed by atoms with Gasteiger partial charge in [-0.3, -0.25) is 10.1 Å². The maximum absolute atomic E-state index is 11.2. The molecule has 0 amide bonds. The van der Waals surface area contributed by atoms with E-state index in [-0.39, 0.29) is 24.6 Å². The minimum Gasteiger partial charge on any atom is -0.490 e. The fraction of sp³-hybridized carbons (Fsp3) is 0.462. The molecule has 0 aliphatic rings. The molecule has 8 heteroatoms. The van der Waals surface area contributed by atoms with Gasteiger partial charge in [0.15, 0.2) is 0 Å². The molecule has 0 aliphatic carbocycles. The molecular formula is C13H18N2O6. The second kappa shape index (κ2) is 6.78. The number of nitrogen functional groups attached to an aromatic ring is 1. The number of hydrogen-bond donors (Lipinski definition) is 1. The van der Waals surface area contributed by atoms with Crippen molar-refractivity contribution in [1.82, 2.24) is 0 Å². The molecule has 0 aliphatic heterocycles. The Hall–Kier alpha value is -2.51. The number of nitrogens with zero attached hydrogens (tertiary/aromatic N) is 1. The van der Waals surface area contributed by atoms with Crippen molar-refractivity contribution < 1.29 is 23.9 Å². The van der Waals surface area contributed by atoms with Crippen LogP contribution in [0.15, 0.2) is 18.2 Å². The molecule has 1 rings (SSSR count). The Balaban J connectivity index is 2.38. The first-order valence-electron chi connectivity index (χ1n) is 6.21. The molecule has 0 aromatic heterocycles. The summed E-state index contributed by atoms with van der Waals surface area (Å²) in [7, 11) is 0. The summed E-state index contributed by atoms with van der Waals surface area (Å²) in [6, 6.07) is 4.01. The summed E-state index contributed by atoms with van der Waals surface area (Å²) in [6.07, 6.45) is -0.783. The normalized spacial score (nSPS) is 10.8. The van der Waals surface area contributed by atoms with Gasteiger partial charge >= 0.3 is 6.16 Å². The molecule has 0 spiro atoms. The number of nitro groups is 1. The Morgan fingerprint density at radius 2 is 2.00 bits per heavy atom. The van der Waals surface area contributed by atoms with Crippen LogP contribution in [0, 0.1) is 10.1 Å². The highest BCUT2D eigenvalue weighted by molar-refractivity contribution is 5.61. The topological polar surface area (TPSA) is 114 Å². The lowest BCUT2D eigenvalue weighted by Crippen LogP contribution is -2.25. The monoisotopic (exact) mass is 298 g/mol. The van der Waals surface area contributed by atoms with Crippen LogP contribution in [0.4, 0.5) is 16.2 Å². The van der Waals surface area contributed by atoms with E-state index < -0.39 is 16.7 Å². The van der Waals surface area contributed by atoms with Gasteiger partial charge in [0.25, 0.3) is 5.69 Å². The Bertz CT molecular complexity index is 524. The van der Waals surface area contributed by atoms with E-state index in [0.29, 0.717) is 5.75 Å². The van der Waals surface area contributed by atoms with Crippen molar-refractivity contribution >= 4 is 17.5 Å². The smallest absolute Gasteiger partial charge is 0.490 e. The summed E-state index contributed by atoms with van der Waals surface area (Å²) in [5, 5.41) is 10.6. The Labute approximate surface area is 121 Å². The molecule has 0 radical (unpaired) electrons. The molecule has 0 unspecified atom stereocenters. The number of carbonyl (C=O) groups is 1. The lowest BCUT2D eigenvalue weighted by molar-refractivity contribution is -0.383. The van der Waals surface area contributed by atoms with Gasteiger partial charge < -0.3 is 19.9 Å². The molecule has 8 nitrogen and oxygen atoms in total. The highest BCUT2D eigenvalue weighted by atomic mass is 16.7. The molecule has 0 fully saturated rings. The molecule has 116 valence electrons. The number of ether oxygens (including phenoxy) is 3. The largest absolute Gasteiger partial charge is 0.508 e. The quantitative estimate of drug-likeness (QED) is 0.292. The van der Waals surface area contributed by atoms with Crippen molar-refractivity contribution in [3.63, 3.8) is 0 Å². The van der Waals surface area contributed by atoms with E-state index in [0.717, 1.165) is 0 Å². The Morgan fingerprint density at radius 3 is 2.52 bits per heavy atom. The minimum absolute atomic E-state index is 0.00515. The number of rotatable bonds is 5. The zero-order valence-electron chi connectivity index (χ0n) is 12.1. The van der Waals surface area contributed by atoms with Crippen molar-refractivity contribution in [3.05, 3.63) is 28.3 Å². The third kappa shape index (κ3) is 5.98. The Morgan fingerprint density at radius 1 is 1.33 bits per heavy atom. The number of anilines is 1. The lowest BCUT2D eigenvalue weighted by Gasteiger charge is -2.18. The van der Waals surface area contributed by atoms with Gasteiger partial charge in [0.1, 0.15) is 30.3 Å². The fourth-order valence-corrected chi connectivity index (χ4v) is 1.35. The molecule has 1 aromatic carbocycles. The van der Waals surface area contributed by atoms with Crippen LogP contribution < -0.4 is 10.5 Å². The summed E-state index contributed by atoms with van der Waals surface area (Å²) in [4.78, 5) is 21.3. The van der Waals surface area contributed by atoms with Crippen molar-refractivity contribution in [1.29, 1.82) is 0 Å². The van der Waals surface area contributed by atoms with Gasteiger partial charge in [-0.25, -0.2) is 4.79 Å². The maximum atomic E-state index is 11.2. The average molecular weight is 298 g/mol. The number of carbonyl (C=O) groups excluding carboxylic acids is 1. The SMILES string of the molecule is CC(C)(C)OC(=O)OCCOc1ccc([N+](=O)[O-])c(N)c1. The lowest BCUT2D eigenvalue weighted by atomic mass is 10.2. The van der Waals surface area contributed by atoms with Gasteiger partial charge in [-0.05, 0) is 26.8 Å². The van der Waals surface area contributed by atoms with Crippen molar-refractivity contribution in [3.8, 4) is 5.75 Å². The van der Waals surface area contributed by atoms with E-state index in [1.807, 2.05) is 0 Å². The second-order valence-corrected chi connectivity index (χ2v) is 5.14. The van der Waals surface area contributed by atoms with E-state index in [1.165, 1.54) is 18.2 Å². The van der Waals surface area contributed by atoms with Crippen LogP contribution in [0.1, 0.15) is 20.8 Å². The molecule has 2 N–H and O–H groups in total. The number of benzene rings is 1. The van der Waals surface area contributed by atoms with Gasteiger partial charge in [-0.1, -0.05) is 0 Å². The maximum Gasteiger partial charge on any atom is 0.508 e. The summed E-state index contributed by atoms with van der Waals surface area (Å²) >= 11 is 0. The third-order valence-corrected chi connectivity index (χ3v) is 2.16. The van der Waals surface area contributed by atoms with Gasteiger partial charge in [-0.15, -0.1) is 0 Å². The second-order valence-electron chi connectivity index (χ2n) is 5.14. The molecule has 0 bridgehead atoms. The van der Waals surface area contributed by atoms with E-state index >= 15 is 0 Å². The van der Waals surface area contributed by atoms with Crippen LogP contribution in [-0.2, 0) is 9.47 Å². The van der Waals surface area contributed by atoms with Crippen molar-refractivity contribution in [2.45, 2.75) is 26.4 Å². The number of nitro benzene ring substituents is 1. The van der Waals surface area contributed by atoms with E-state index in [4.69, 9.17) is 19.9 Å². The molecule has 21 heavy (non-hydrogen) atoms. The van der Waals surface area contributed by atoms with E-state index in [9.17, 15) is 14.9 Å². The summed E-state index contributed by atoms with van der Waals surface area (Å²) in [6.45, 7) is 5.25. The first kappa shape index (κ1) is 16.5. The molecule has 1 aromatic rings. The minimum atomic E-state index is -0.783. The number of nitrogens with two attached hydrogens (primary N) is 1. The molecular weight excluding hydrogens is 280 g/mol. The predicted octanol–water partition coefficient (Wildman–Crippen LogP) is 2.51. The average Bonchev–Trinajstić information content (AvgIpc) is 2.32. The van der Waals surface area contributed by atoms with E-state index in [2.05, 4.69) is 0 Å². The van der Waals surface area contributed by atoms with Crippen LogP contribution in [0.2, 0.25) is 0 Å². The van der Waals surface area contributed by atoms with Crippen molar-refractivity contribution in [2.24, 2.45) is 0 Å². The van der Waals surface area contributed by atoms with Crippen LogP contribution in [0.25, 0.3) is 0 Å². The molecule has 0 saturated carbocycles. The molecule has 0 atom stereocenters. The first-order chi connectivity index (χ1) is 9.69. The summed E-state index contributed by atoms with van der Waals surface area (Å²) in [5.41, 5.74) is 4.71. The zero-order chi connectivity index (χ0) is 16.0. The van der Waals surface area contributed by atoms with Gasteiger partial charge in [0.2, 0.25) is 0 Å². The summed E-state index contributed by atoms with van der Waals surface area (Å²) < 4.78 is 15.0. The van der Waals surface area contributed by atoms with Crippen LogP contribution in [-0.4, -0.2) is 29.9 Å². The van der Waals surface area contributed by atoms with Crippen molar-refractivity contribution in [2.75, 3.05) is 18.9 Å². The fourth-order valence-electron chi connectivity index (χ4n) is 1.35. The molecule has 0 heterocycles. The standard InChI is InChI=1S/C13H18N2O6/c1-13(2,3)21-12(16)20-7-6-19-9-4-5-11(15(17)18)10(14)8-9/h4-5,8H,6-7,14H2,1-3H3. The number of hydrogen-bond acceptors (Lipinski definition) is 7. The van der Waals surface area contributed by atoms with Crippen LogP contribution in [0.3, 0.4) is 0 Å². The predicted molar refractivity (Wildman–Crippen MR) is 75.2 cm³/mol.